The van der Waals surface area contributed by atoms with Gasteiger partial charge in [0.2, 0.25) is 0 Å². The van der Waals surface area contributed by atoms with Crippen molar-refractivity contribution in [3.8, 4) is 0 Å². The molecule has 140 valence electrons. The van der Waals surface area contributed by atoms with E-state index in [0.717, 1.165) is 16.0 Å². The number of amides is 1. The summed E-state index contributed by atoms with van der Waals surface area (Å²) in [6.45, 7) is -0.302. The Bertz CT molecular complexity index is 808. The van der Waals surface area contributed by atoms with Gasteiger partial charge in [-0.1, -0.05) is 60.7 Å². The van der Waals surface area contributed by atoms with Crippen molar-refractivity contribution < 1.29 is 29.0 Å². The van der Waals surface area contributed by atoms with E-state index in [1.54, 1.807) is 36.4 Å². The lowest BCUT2D eigenvalue weighted by Gasteiger charge is -2.24. The number of esters is 1. The lowest BCUT2D eigenvalue weighted by molar-refractivity contribution is -0.149. The van der Waals surface area contributed by atoms with E-state index in [9.17, 15) is 19.5 Å². The smallest absolute Gasteiger partial charge is 0.413 e. The molecule has 2 unspecified atom stereocenters. The standard InChI is InChI=1S/C20H19NO6/c22-18(23)16(11-14-7-3-1-4-8-14)17-19(24)27-13-21(17)20(25)26-12-15-9-5-2-6-10-15/h1-10,16-17H,11-13H2,(H,22,23). The van der Waals surface area contributed by atoms with Gasteiger partial charge < -0.3 is 14.6 Å². The second-order valence-corrected chi connectivity index (χ2v) is 6.18. The highest BCUT2D eigenvalue weighted by Crippen LogP contribution is 2.24. The minimum Gasteiger partial charge on any atom is -0.481 e. The molecular formula is C20H19NO6. The van der Waals surface area contributed by atoms with Gasteiger partial charge in [0.05, 0.1) is 5.92 Å². The van der Waals surface area contributed by atoms with Crippen molar-refractivity contribution in [1.29, 1.82) is 0 Å². The maximum atomic E-state index is 12.4. The lowest BCUT2D eigenvalue weighted by atomic mass is 9.92. The summed E-state index contributed by atoms with van der Waals surface area (Å²) >= 11 is 0. The first-order chi connectivity index (χ1) is 13.1. The maximum absolute atomic E-state index is 12.4. The molecule has 1 aliphatic heterocycles. The number of carbonyl (C=O) groups excluding carboxylic acids is 2. The van der Waals surface area contributed by atoms with Gasteiger partial charge >= 0.3 is 18.0 Å². The van der Waals surface area contributed by atoms with Crippen molar-refractivity contribution >= 4 is 18.0 Å². The van der Waals surface area contributed by atoms with Gasteiger partial charge in [0.15, 0.2) is 6.73 Å². The normalized spacial score (nSPS) is 17.3. The van der Waals surface area contributed by atoms with Crippen molar-refractivity contribution in [2.75, 3.05) is 6.73 Å². The maximum Gasteiger partial charge on any atom is 0.413 e. The quantitative estimate of drug-likeness (QED) is 0.786. The van der Waals surface area contributed by atoms with Crippen LogP contribution in [0.3, 0.4) is 0 Å². The molecule has 1 saturated heterocycles. The predicted molar refractivity (Wildman–Crippen MR) is 94.5 cm³/mol. The number of ether oxygens (including phenoxy) is 2. The van der Waals surface area contributed by atoms with Crippen LogP contribution in [0.5, 0.6) is 0 Å². The minimum absolute atomic E-state index is 0.0213. The number of carboxylic acids is 1. The Morgan fingerprint density at radius 1 is 1.07 bits per heavy atom. The molecule has 0 spiro atoms. The Hall–Kier alpha value is -3.35. The number of nitrogens with zero attached hydrogens (tertiary/aromatic N) is 1. The number of hydrogen-bond donors (Lipinski definition) is 1. The van der Waals surface area contributed by atoms with Gasteiger partial charge in [-0.2, -0.15) is 0 Å². The van der Waals surface area contributed by atoms with Crippen molar-refractivity contribution in [2.24, 2.45) is 5.92 Å². The van der Waals surface area contributed by atoms with E-state index in [1.165, 1.54) is 0 Å². The van der Waals surface area contributed by atoms with Crippen molar-refractivity contribution in [3.63, 3.8) is 0 Å². The summed E-state index contributed by atoms with van der Waals surface area (Å²) in [5, 5.41) is 9.63. The number of carbonyl (C=O) groups is 3. The van der Waals surface area contributed by atoms with E-state index in [1.807, 2.05) is 24.3 Å². The van der Waals surface area contributed by atoms with Crippen LogP contribution in [0.4, 0.5) is 4.79 Å². The number of aliphatic carboxylic acids is 1. The molecule has 7 heteroatoms. The van der Waals surface area contributed by atoms with Crippen LogP contribution in [-0.4, -0.2) is 40.8 Å². The summed E-state index contributed by atoms with van der Waals surface area (Å²) < 4.78 is 10.2. The molecule has 1 amide bonds. The molecule has 1 aliphatic rings. The number of benzene rings is 2. The van der Waals surface area contributed by atoms with E-state index in [-0.39, 0.29) is 19.8 Å². The predicted octanol–water partition coefficient (Wildman–Crippen LogP) is 2.45. The van der Waals surface area contributed by atoms with Crippen LogP contribution in [0, 0.1) is 5.92 Å². The highest BCUT2D eigenvalue weighted by Gasteiger charge is 2.47. The number of hydrogen-bond acceptors (Lipinski definition) is 5. The molecule has 0 radical (unpaired) electrons. The van der Waals surface area contributed by atoms with Crippen LogP contribution >= 0.6 is 0 Å². The molecule has 2 aromatic carbocycles. The number of carboxylic acid groups (broad SMARTS) is 1. The van der Waals surface area contributed by atoms with Crippen LogP contribution in [-0.2, 0) is 32.1 Å². The number of cyclic esters (lactones) is 1. The molecule has 0 saturated carbocycles. The summed E-state index contributed by atoms with van der Waals surface area (Å²) in [5.74, 6) is -3.05. The second kappa shape index (κ2) is 8.35. The van der Waals surface area contributed by atoms with Gasteiger partial charge in [-0.15, -0.1) is 0 Å². The van der Waals surface area contributed by atoms with Gasteiger partial charge in [-0.25, -0.2) is 9.59 Å². The largest absolute Gasteiger partial charge is 0.481 e. The Morgan fingerprint density at radius 3 is 2.26 bits per heavy atom. The first kappa shape index (κ1) is 18.4. The van der Waals surface area contributed by atoms with Crippen molar-refractivity contribution in [3.05, 3.63) is 71.8 Å². The summed E-state index contributed by atoms with van der Waals surface area (Å²) in [6, 6.07) is 16.8. The second-order valence-electron chi connectivity index (χ2n) is 6.18. The molecular weight excluding hydrogens is 350 g/mol. The van der Waals surface area contributed by atoms with Crippen LogP contribution < -0.4 is 0 Å². The monoisotopic (exact) mass is 369 g/mol. The fraction of sp³-hybridized carbons (Fsp3) is 0.250. The molecule has 1 fully saturated rings. The van der Waals surface area contributed by atoms with E-state index < -0.39 is 30.0 Å². The molecule has 7 nitrogen and oxygen atoms in total. The summed E-state index contributed by atoms with van der Waals surface area (Å²) in [4.78, 5) is 37.4. The first-order valence-electron chi connectivity index (χ1n) is 8.47. The third kappa shape index (κ3) is 4.44. The van der Waals surface area contributed by atoms with Crippen LogP contribution in [0.15, 0.2) is 60.7 Å². The molecule has 0 bridgehead atoms. The highest BCUT2D eigenvalue weighted by molar-refractivity contribution is 5.89. The Labute approximate surface area is 156 Å². The third-order valence-corrected chi connectivity index (χ3v) is 4.36. The zero-order valence-electron chi connectivity index (χ0n) is 14.5. The topological polar surface area (TPSA) is 93.1 Å². The molecule has 0 aromatic heterocycles. The van der Waals surface area contributed by atoms with Crippen LogP contribution in [0.25, 0.3) is 0 Å². The number of rotatable bonds is 6. The summed E-state index contributed by atoms with van der Waals surface area (Å²) in [5.41, 5.74) is 1.54. The molecule has 2 aromatic rings. The summed E-state index contributed by atoms with van der Waals surface area (Å²) in [7, 11) is 0. The molecule has 27 heavy (non-hydrogen) atoms. The van der Waals surface area contributed by atoms with Gasteiger partial charge in [0, 0.05) is 0 Å². The zero-order chi connectivity index (χ0) is 19.2. The van der Waals surface area contributed by atoms with Gasteiger partial charge in [0.25, 0.3) is 0 Å². The molecule has 3 rings (SSSR count). The SMILES string of the molecule is O=C(O)C(Cc1ccccc1)C1C(=O)OCN1C(=O)OCc1ccccc1. The molecule has 1 N–H and O–H groups in total. The average Bonchev–Trinajstić information content (AvgIpc) is 3.07. The van der Waals surface area contributed by atoms with Gasteiger partial charge in [0.1, 0.15) is 12.6 Å². The van der Waals surface area contributed by atoms with E-state index in [0.29, 0.717) is 0 Å². The first-order valence-corrected chi connectivity index (χ1v) is 8.47. The molecule has 2 atom stereocenters. The van der Waals surface area contributed by atoms with Gasteiger partial charge in [-0.05, 0) is 17.5 Å². The molecule has 1 heterocycles. The Balaban J connectivity index is 1.73. The van der Waals surface area contributed by atoms with Crippen molar-refractivity contribution in [1.82, 2.24) is 4.90 Å². The van der Waals surface area contributed by atoms with E-state index >= 15 is 0 Å². The van der Waals surface area contributed by atoms with Gasteiger partial charge in [-0.3, -0.25) is 9.69 Å². The van der Waals surface area contributed by atoms with Crippen LogP contribution in [0.2, 0.25) is 0 Å². The molecule has 0 aliphatic carbocycles. The zero-order valence-corrected chi connectivity index (χ0v) is 14.5. The fourth-order valence-electron chi connectivity index (χ4n) is 2.98. The average molecular weight is 369 g/mol. The van der Waals surface area contributed by atoms with Crippen LogP contribution in [0.1, 0.15) is 11.1 Å². The fourth-order valence-corrected chi connectivity index (χ4v) is 2.98. The highest BCUT2D eigenvalue weighted by atomic mass is 16.6. The summed E-state index contributed by atoms with van der Waals surface area (Å²) in [6.07, 6.45) is -0.688. The third-order valence-electron chi connectivity index (χ3n) is 4.36. The minimum atomic E-state index is -1.23. The lowest BCUT2D eigenvalue weighted by Crippen LogP contribution is -2.46. The Morgan fingerprint density at radius 2 is 1.67 bits per heavy atom. The van der Waals surface area contributed by atoms with E-state index in [4.69, 9.17) is 9.47 Å². The Kier molecular flexibility index (Phi) is 5.71. The van der Waals surface area contributed by atoms with E-state index in [2.05, 4.69) is 0 Å². The van der Waals surface area contributed by atoms with Crippen molar-refractivity contribution in [2.45, 2.75) is 19.1 Å².